The summed E-state index contributed by atoms with van der Waals surface area (Å²) in [4.78, 5) is 63.3. The average molecular weight is 1830 g/mol. The van der Waals surface area contributed by atoms with Gasteiger partial charge >= 0.3 is 17.9 Å². The number of methoxy groups -OCH3 is 1. The summed E-state index contributed by atoms with van der Waals surface area (Å²) < 4.78 is 11.1. The Morgan fingerprint density at radius 2 is 0.675 bits per heavy atom. The van der Waals surface area contributed by atoms with Gasteiger partial charge in [0.1, 0.15) is 0 Å². The van der Waals surface area contributed by atoms with Crippen LogP contribution in [0.25, 0.3) is 0 Å². The predicted octanol–water partition coefficient (Wildman–Crippen LogP) is 26.0. The van der Waals surface area contributed by atoms with Gasteiger partial charge in [-0.05, 0) is 336 Å². The molecule has 9 nitrogen and oxygen atoms in total. The van der Waals surface area contributed by atoms with Crippen molar-refractivity contribution < 1.29 is 109 Å². The number of halogens is 2. The molecule has 15 atom stereocenters. The predicted molar refractivity (Wildman–Crippen MR) is 486 cm³/mol. The van der Waals surface area contributed by atoms with E-state index in [4.69, 9.17) is 37.8 Å². The molecule has 0 spiro atoms. The summed E-state index contributed by atoms with van der Waals surface area (Å²) in [5.41, 5.74) is 25.8. The molecule has 2 radical (unpaired) electrons. The third-order valence-corrected chi connectivity index (χ3v) is 34.1. The van der Waals surface area contributed by atoms with Crippen molar-refractivity contribution in [2.75, 3.05) is 26.2 Å². The summed E-state index contributed by atoms with van der Waals surface area (Å²) in [7, 11) is 2.56. The van der Waals surface area contributed by atoms with Crippen molar-refractivity contribution in [3.63, 3.8) is 0 Å². The molecule has 5 aromatic carbocycles. The molecule has 654 valence electrons. The number of esters is 2. The molecule has 2 N–H and O–H groups in total. The van der Waals surface area contributed by atoms with E-state index < -0.39 is 22.2 Å². The van der Waals surface area contributed by atoms with Crippen LogP contribution in [0.15, 0.2) is 66.7 Å². The van der Waals surface area contributed by atoms with Gasteiger partial charge < -0.3 is 29.3 Å². The standard InChI is InChI=1S/C44H62O4.C41H54O2.C20H28O2.CH2Cl2.CH4O.2Y/c1-11-48-40(46)44(9)21-13-19-42(7)36-26-32(34(28(4)5)24-30(36)15-17-38(42)44)22-31-25-35-29(23-33(31)27(2)3)14-16-37-41(35,6)18-12-20-43(37,8)39(45)47-10;1-26(2)32-20-28-11-13-36-38(5,24-42)15-9-17-40(36,7)34(28)22-30(32)19-31-23-35-29(21-33(31)27(3)4)12-14-37-39(6,25-43)16-10-18-41(35,37)8;1-13(2)14-6-8-16-15(12-14)7-9-17-19(16,3)10-5-11-20(17,4)18(21)22;2-1-3;1-2;;/h23-28,37-38H,11-22H2,1-10H3;20-23,26-27,36-37H,9-19H2,1-8H3;6,8,12-13,17H,5,7,9-11H2,1-4H3,(H,21,22);1H2;2H,1H3;;/q;-2;;;;;. The Kier molecular flexibility index (Phi) is 32.8. The van der Waals surface area contributed by atoms with Crippen molar-refractivity contribution in [2.24, 2.45) is 56.7 Å². The second-order valence-electron chi connectivity index (χ2n) is 42.6. The summed E-state index contributed by atoms with van der Waals surface area (Å²) in [5.74, 6) is 3.19. The fourth-order valence-corrected chi connectivity index (χ4v) is 27.9. The number of carbonyl (C=O) groups excluding carboxylic acids is 4. The molecule has 13 heteroatoms. The van der Waals surface area contributed by atoms with Crippen LogP contribution in [0.1, 0.15) is 409 Å². The molecule has 0 heterocycles. The first-order valence-corrected chi connectivity index (χ1v) is 47.3. The number of carbonyl (C=O) groups is 3. The smallest absolute Gasteiger partial charge is 0.312 e. The maximum Gasteiger partial charge on any atom is 0.312 e. The number of fused-ring (bicyclic) bond motifs is 15. The third kappa shape index (κ3) is 18.1. The van der Waals surface area contributed by atoms with Crippen LogP contribution in [0.2, 0.25) is 0 Å². The minimum Gasteiger partial charge on any atom is -0.541 e. The first-order chi connectivity index (χ1) is 55.6. The van der Waals surface area contributed by atoms with Crippen molar-refractivity contribution >= 4 is 53.7 Å². The quantitative estimate of drug-likeness (QED) is 0.0595. The zero-order chi connectivity index (χ0) is 86.6. The Balaban J connectivity index is 0.000000209. The molecule has 0 amide bonds. The van der Waals surface area contributed by atoms with Gasteiger partial charge in [-0.1, -0.05) is 241 Å². The number of aliphatic hydroxyl groups is 1. The van der Waals surface area contributed by atoms with Gasteiger partial charge in [-0.25, -0.2) is 0 Å². The first-order valence-electron chi connectivity index (χ1n) is 46.3. The Labute approximate surface area is 786 Å². The number of carboxylic acids is 1. The van der Waals surface area contributed by atoms with Gasteiger partial charge in [0.25, 0.3) is 0 Å². The van der Waals surface area contributed by atoms with E-state index in [1.54, 1.807) is 7.11 Å². The van der Waals surface area contributed by atoms with Crippen LogP contribution in [-0.4, -0.2) is 66.9 Å². The summed E-state index contributed by atoms with van der Waals surface area (Å²) in [6, 6.07) is 27.4. The van der Waals surface area contributed by atoms with Crippen LogP contribution in [0.3, 0.4) is 0 Å². The van der Waals surface area contributed by atoms with Crippen LogP contribution in [0, 0.1) is 56.7 Å². The zero-order valence-electron chi connectivity index (χ0n) is 78.3. The fourth-order valence-electron chi connectivity index (χ4n) is 27.9. The van der Waals surface area contributed by atoms with E-state index in [2.05, 4.69) is 211 Å². The molecule has 0 aliphatic heterocycles. The maximum absolute atomic E-state index is 13.5. The number of benzene rings is 5. The number of ether oxygens (including phenoxy) is 2. The summed E-state index contributed by atoms with van der Waals surface area (Å²) >= 11 is 9.53. The van der Waals surface area contributed by atoms with E-state index in [9.17, 15) is 29.1 Å². The SMILES string of the molecule is CC(C)c1cc2c(cc1Cc1cc3c(cc1C(C)C)CCC1C(C)([C-]=O)CCCC31C)C1(C)CCCC(C)([C-]=O)C1CC2.CC(C)c1ccc2c(c1)CCC1C(C)(C(=O)O)CCCC21C.CCOC(=O)C1(C)CCCC2(C)c3cc(Cc4cc5c(cc4C(C)C)CCC4C(C)(C(=O)OC)CCCC54C)c(C(C)C)cc3CCC12.CO.ClCCl.[Y].[Y]. The van der Waals surface area contributed by atoms with Crippen LogP contribution in [0.5, 0.6) is 0 Å². The number of aliphatic carboxylic acids is 1. The minimum atomic E-state index is -0.606. The number of carboxylic acid groups (broad SMARTS) is 1. The Morgan fingerprint density at radius 3 is 0.967 bits per heavy atom. The molecule has 15 unspecified atom stereocenters. The van der Waals surface area contributed by atoms with Gasteiger partial charge in [0, 0.05) is 72.5 Å². The zero-order valence-corrected chi connectivity index (χ0v) is 85.5. The maximum atomic E-state index is 13.5. The van der Waals surface area contributed by atoms with Gasteiger partial charge in [-0.15, -0.1) is 34.0 Å². The summed E-state index contributed by atoms with van der Waals surface area (Å²) in [6.45, 7) is 48.4. The van der Waals surface area contributed by atoms with E-state index in [1.807, 2.05) is 13.8 Å². The van der Waals surface area contributed by atoms with Gasteiger partial charge in [0.2, 0.25) is 0 Å². The topological polar surface area (TPSA) is 144 Å². The van der Waals surface area contributed by atoms with Crippen LogP contribution < -0.4 is 0 Å². The second-order valence-corrected chi connectivity index (χ2v) is 43.4. The number of hydrogen-bond donors (Lipinski definition) is 2. The van der Waals surface area contributed by atoms with Crippen LogP contribution in [-0.2, 0) is 171 Å². The molecule has 0 aromatic heterocycles. The van der Waals surface area contributed by atoms with Gasteiger partial charge in [-0.3, -0.25) is 27.0 Å². The molecule has 0 bridgehead atoms. The van der Waals surface area contributed by atoms with E-state index in [1.165, 1.54) is 106 Å². The molecular formula is C107H150Cl2O9Y2-2. The fraction of sp³-hybridized carbons (Fsp3) is 0.673. The largest absolute Gasteiger partial charge is 0.541 e. The van der Waals surface area contributed by atoms with E-state index in [-0.39, 0.29) is 138 Å². The Hall–Kier alpha value is -3.40. The van der Waals surface area contributed by atoms with Crippen LogP contribution >= 0.6 is 23.2 Å². The van der Waals surface area contributed by atoms with Crippen molar-refractivity contribution in [1.29, 1.82) is 0 Å². The van der Waals surface area contributed by atoms with Crippen molar-refractivity contribution in [3.05, 3.63) is 172 Å². The normalized spacial score (nSPS) is 32.1. The molecule has 0 saturated heterocycles. The minimum absolute atomic E-state index is 0. The number of rotatable bonds is 15. The number of alkyl halides is 2. The van der Waals surface area contributed by atoms with Crippen LogP contribution in [0.4, 0.5) is 0 Å². The number of aliphatic hydroxyl groups excluding tert-OH is 1. The van der Waals surface area contributed by atoms with Crippen molar-refractivity contribution in [1.82, 2.24) is 0 Å². The van der Waals surface area contributed by atoms with Gasteiger partial charge in [0.05, 0.1) is 35.3 Å². The molecule has 10 aliphatic rings. The van der Waals surface area contributed by atoms with Gasteiger partial charge in [-0.2, -0.15) is 0 Å². The third-order valence-electron chi connectivity index (χ3n) is 34.1. The molecule has 5 aromatic rings. The van der Waals surface area contributed by atoms with E-state index in [0.29, 0.717) is 48.0 Å². The molecular weight excluding hydrogens is 1680 g/mol. The Bertz CT molecular complexity index is 4410. The molecule has 10 aliphatic carbocycles. The number of aryl methyl sites for hydroxylation is 5. The molecule has 5 fully saturated rings. The van der Waals surface area contributed by atoms with E-state index >= 15 is 0 Å². The van der Waals surface area contributed by atoms with Gasteiger partial charge in [0.15, 0.2) is 0 Å². The molecule has 5 saturated carbocycles. The summed E-state index contributed by atoms with van der Waals surface area (Å²) in [5, 5.41) is 17.0. The Morgan fingerprint density at radius 1 is 0.400 bits per heavy atom. The number of hydrogen-bond acceptors (Lipinski definition) is 8. The average Bonchev–Trinajstić information content (AvgIpc) is 0.732. The molecule has 120 heavy (non-hydrogen) atoms. The first kappa shape index (κ1) is 100. The van der Waals surface area contributed by atoms with Crippen molar-refractivity contribution in [3.8, 4) is 0 Å². The molecule has 15 rings (SSSR count). The summed E-state index contributed by atoms with van der Waals surface area (Å²) in [6.07, 6.45) is 33.0. The monoisotopic (exact) mass is 1830 g/mol. The second kappa shape index (κ2) is 39.3. The van der Waals surface area contributed by atoms with Crippen molar-refractivity contribution in [2.45, 2.75) is 375 Å². The van der Waals surface area contributed by atoms with E-state index in [0.717, 1.165) is 180 Å².